The van der Waals surface area contributed by atoms with Gasteiger partial charge in [0.2, 0.25) is 0 Å². The highest BCUT2D eigenvalue weighted by atomic mass is 35.5. The van der Waals surface area contributed by atoms with E-state index in [4.69, 9.17) is 11.6 Å². The van der Waals surface area contributed by atoms with Crippen LogP contribution in [0.15, 0.2) is 36.4 Å². The van der Waals surface area contributed by atoms with Gasteiger partial charge in [0.05, 0.1) is 0 Å². The second kappa shape index (κ2) is 4.68. The van der Waals surface area contributed by atoms with Crippen LogP contribution in [-0.2, 0) is 0 Å². The highest BCUT2D eigenvalue weighted by Gasteiger charge is 2.07. The number of aldehydes is 1. The Morgan fingerprint density at radius 2 is 1.94 bits per heavy atom. The zero-order valence-electron chi connectivity index (χ0n) is 9.21. The monoisotopic (exact) mass is 248 g/mol. The molecule has 0 aromatic heterocycles. The van der Waals surface area contributed by atoms with Gasteiger partial charge in [-0.05, 0) is 47.9 Å². The summed E-state index contributed by atoms with van der Waals surface area (Å²) in [5.74, 6) is -0.313. The lowest BCUT2D eigenvalue weighted by Gasteiger charge is -2.07. The molecule has 0 aliphatic heterocycles. The van der Waals surface area contributed by atoms with Crippen molar-refractivity contribution >= 4 is 17.9 Å². The third-order valence-corrected chi connectivity index (χ3v) is 2.73. The summed E-state index contributed by atoms with van der Waals surface area (Å²) in [6.45, 7) is 1.81. The molecule has 0 radical (unpaired) electrons. The Labute approximate surface area is 104 Å². The zero-order valence-corrected chi connectivity index (χ0v) is 9.96. The largest absolute Gasteiger partial charge is 0.298 e. The Balaban J connectivity index is 2.63. The molecule has 0 aliphatic rings. The van der Waals surface area contributed by atoms with Crippen LogP contribution in [0.25, 0.3) is 11.1 Å². The van der Waals surface area contributed by atoms with Crippen LogP contribution in [-0.4, -0.2) is 6.29 Å². The van der Waals surface area contributed by atoms with Crippen LogP contribution in [0.4, 0.5) is 4.39 Å². The van der Waals surface area contributed by atoms with E-state index >= 15 is 0 Å². The van der Waals surface area contributed by atoms with Crippen LogP contribution in [0.5, 0.6) is 0 Å². The number of aryl methyl sites for hydroxylation is 1. The third-order valence-electron chi connectivity index (χ3n) is 2.49. The van der Waals surface area contributed by atoms with Crippen LogP contribution in [0, 0.1) is 12.7 Å². The molecule has 2 aromatic rings. The van der Waals surface area contributed by atoms with Crippen molar-refractivity contribution in [1.82, 2.24) is 0 Å². The van der Waals surface area contributed by atoms with Gasteiger partial charge in [0.15, 0.2) is 6.29 Å². The van der Waals surface area contributed by atoms with Gasteiger partial charge < -0.3 is 0 Å². The number of carbonyl (C=O) groups is 1. The molecule has 0 fully saturated rings. The Morgan fingerprint density at radius 1 is 1.18 bits per heavy atom. The second-order valence-corrected chi connectivity index (χ2v) is 4.30. The predicted octanol–water partition coefficient (Wildman–Crippen LogP) is 4.27. The van der Waals surface area contributed by atoms with Gasteiger partial charge in [0.1, 0.15) is 5.82 Å². The molecule has 86 valence electrons. The molecule has 0 saturated carbocycles. The van der Waals surface area contributed by atoms with E-state index in [-0.39, 0.29) is 5.82 Å². The molecule has 1 nitrogen and oxygen atoms in total. The summed E-state index contributed by atoms with van der Waals surface area (Å²) < 4.78 is 13.3. The fraction of sp³-hybridized carbons (Fsp3) is 0.0714. The van der Waals surface area contributed by atoms with Crippen molar-refractivity contribution in [2.45, 2.75) is 6.92 Å². The summed E-state index contributed by atoms with van der Waals surface area (Å²) in [7, 11) is 0. The van der Waals surface area contributed by atoms with Gasteiger partial charge in [-0.15, -0.1) is 0 Å². The summed E-state index contributed by atoms with van der Waals surface area (Å²) in [4.78, 5) is 11.0. The standard InChI is InChI=1S/C14H10ClFO/c1-9-4-10(7-13(16)5-9)14-3-2-12(15)6-11(14)8-17/h2-8H,1H3. The second-order valence-electron chi connectivity index (χ2n) is 3.87. The van der Waals surface area contributed by atoms with E-state index in [0.717, 1.165) is 11.8 Å². The molecule has 3 heteroatoms. The topological polar surface area (TPSA) is 17.1 Å². The average molecular weight is 249 g/mol. The van der Waals surface area contributed by atoms with Gasteiger partial charge in [0, 0.05) is 10.6 Å². The Hall–Kier alpha value is -1.67. The third kappa shape index (κ3) is 2.53. The molecule has 17 heavy (non-hydrogen) atoms. The molecular weight excluding hydrogens is 239 g/mol. The molecule has 0 unspecified atom stereocenters. The first-order valence-electron chi connectivity index (χ1n) is 5.12. The zero-order chi connectivity index (χ0) is 12.4. The van der Waals surface area contributed by atoms with Crippen molar-refractivity contribution in [3.8, 4) is 11.1 Å². The van der Waals surface area contributed by atoms with Crippen molar-refractivity contribution in [3.05, 3.63) is 58.4 Å². The van der Waals surface area contributed by atoms with E-state index < -0.39 is 0 Å². The van der Waals surface area contributed by atoms with Gasteiger partial charge >= 0.3 is 0 Å². The van der Waals surface area contributed by atoms with E-state index in [1.165, 1.54) is 12.1 Å². The maximum Gasteiger partial charge on any atom is 0.150 e. The highest BCUT2D eigenvalue weighted by molar-refractivity contribution is 6.31. The predicted molar refractivity (Wildman–Crippen MR) is 67.0 cm³/mol. The first kappa shape index (κ1) is 11.8. The maximum atomic E-state index is 13.3. The number of benzene rings is 2. The summed E-state index contributed by atoms with van der Waals surface area (Å²) in [6, 6.07) is 9.66. The summed E-state index contributed by atoms with van der Waals surface area (Å²) in [5.41, 5.74) is 2.64. The van der Waals surface area contributed by atoms with Crippen LogP contribution in [0.1, 0.15) is 15.9 Å². The minimum atomic E-state index is -0.313. The normalized spacial score (nSPS) is 10.3. The first-order valence-corrected chi connectivity index (χ1v) is 5.50. The highest BCUT2D eigenvalue weighted by Crippen LogP contribution is 2.27. The maximum absolute atomic E-state index is 13.3. The van der Waals surface area contributed by atoms with Crippen LogP contribution >= 0.6 is 11.6 Å². The summed E-state index contributed by atoms with van der Waals surface area (Å²) in [5, 5.41) is 0.490. The van der Waals surface area contributed by atoms with Crippen molar-refractivity contribution in [2.24, 2.45) is 0 Å². The molecule has 0 bridgehead atoms. The van der Waals surface area contributed by atoms with Crippen LogP contribution in [0.2, 0.25) is 5.02 Å². The number of rotatable bonds is 2. The van der Waals surface area contributed by atoms with Crippen molar-refractivity contribution in [2.75, 3.05) is 0 Å². The lowest BCUT2D eigenvalue weighted by Crippen LogP contribution is -1.89. The molecule has 0 atom stereocenters. The number of hydrogen-bond donors (Lipinski definition) is 0. The molecule has 0 amide bonds. The summed E-state index contributed by atoms with van der Waals surface area (Å²) in [6.07, 6.45) is 0.724. The van der Waals surface area contributed by atoms with E-state index in [1.807, 2.05) is 13.0 Å². The SMILES string of the molecule is Cc1cc(F)cc(-c2ccc(Cl)cc2C=O)c1. The van der Waals surface area contributed by atoms with Crippen LogP contribution < -0.4 is 0 Å². The Bertz CT molecular complexity index is 558. The number of halogens is 2. The molecule has 0 heterocycles. The lowest BCUT2D eigenvalue weighted by molar-refractivity contribution is 0.112. The van der Waals surface area contributed by atoms with Gasteiger partial charge in [-0.3, -0.25) is 4.79 Å². The first-order chi connectivity index (χ1) is 8.10. The Kier molecular flexibility index (Phi) is 3.25. The molecule has 0 N–H and O–H groups in total. The molecule has 0 aliphatic carbocycles. The molecule has 0 saturated heterocycles. The Morgan fingerprint density at radius 3 is 2.59 bits per heavy atom. The van der Waals surface area contributed by atoms with Gasteiger partial charge in [0.25, 0.3) is 0 Å². The van der Waals surface area contributed by atoms with Crippen LogP contribution in [0.3, 0.4) is 0 Å². The van der Waals surface area contributed by atoms with E-state index in [0.29, 0.717) is 21.7 Å². The molecule has 0 spiro atoms. The van der Waals surface area contributed by atoms with E-state index in [9.17, 15) is 9.18 Å². The van der Waals surface area contributed by atoms with Gasteiger partial charge in [-0.2, -0.15) is 0 Å². The fourth-order valence-corrected chi connectivity index (χ4v) is 1.97. The average Bonchev–Trinajstić information content (AvgIpc) is 2.27. The number of hydrogen-bond acceptors (Lipinski definition) is 1. The smallest absolute Gasteiger partial charge is 0.150 e. The minimum absolute atomic E-state index is 0.313. The summed E-state index contributed by atoms with van der Waals surface area (Å²) >= 11 is 5.81. The molecule has 2 rings (SSSR count). The van der Waals surface area contributed by atoms with Crippen molar-refractivity contribution in [1.29, 1.82) is 0 Å². The number of carbonyl (C=O) groups excluding carboxylic acids is 1. The van der Waals surface area contributed by atoms with E-state index in [2.05, 4.69) is 0 Å². The fourth-order valence-electron chi connectivity index (χ4n) is 1.79. The van der Waals surface area contributed by atoms with Crippen molar-refractivity contribution < 1.29 is 9.18 Å². The minimum Gasteiger partial charge on any atom is -0.298 e. The molecule has 2 aromatic carbocycles. The molecular formula is C14H10ClFO. The van der Waals surface area contributed by atoms with Gasteiger partial charge in [-0.25, -0.2) is 4.39 Å². The van der Waals surface area contributed by atoms with Gasteiger partial charge in [-0.1, -0.05) is 23.7 Å². The van der Waals surface area contributed by atoms with E-state index in [1.54, 1.807) is 18.2 Å². The quantitative estimate of drug-likeness (QED) is 0.726. The lowest BCUT2D eigenvalue weighted by atomic mass is 9.99. The van der Waals surface area contributed by atoms with Crippen molar-refractivity contribution in [3.63, 3.8) is 0 Å².